The average Bonchev–Trinajstić information content (AvgIpc) is 2.63. The molecular formula is C24H43NO5. The van der Waals surface area contributed by atoms with Crippen LogP contribution in [0, 0.1) is 11.8 Å². The molecule has 3 N–H and O–H groups in total. The van der Waals surface area contributed by atoms with Crippen LogP contribution >= 0.6 is 0 Å². The summed E-state index contributed by atoms with van der Waals surface area (Å²) in [6, 6.07) is 0. The van der Waals surface area contributed by atoms with Gasteiger partial charge in [-0.1, -0.05) is 51.4 Å². The zero-order chi connectivity index (χ0) is 22.4. The van der Waals surface area contributed by atoms with E-state index in [1.807, 2.05) is 0 Å². The molecule has 6 heteroatoms. The molecule has 2 aliphatic heterocycles. The van der Waals surface area contributed by atoms with E-state index in [4.69, 9.17) is 10.2 Å². The van der Waals surface area contributed by atoms with Crippen LogP contribution in [-0.2, 0) is 9.59 Å². The molecule has 0 aromatic rings. The summed E-state index contributed by atoms with van der Waals surface area (Å²) in [5.41, 5.74) is 0.239. The summed E-state index contributed by atoms with van der Waals surface area (Å²) in [4.78, 5) is 24.4. The molecule has 3 rings (SSSR count). The Morgan fingerprint density at radius 1 is 0.900 bits per heavy atom. The highest BCUT2D eigenvalue weighted by atomic mass is 16.4. The van der Waals surface area contributed by atoms with Crippen LogP contribution in [0.2, 0.25) is 0 Å². The predicted molar refractivity (Wildman–Crippen MR) is 117 cm³/mol. The van der Waals surface area contributed by atoms with Gasteiger partial charge in [-0.25, -0.2) is 0 Å². The molecular weight excluding hydrogens is 382 g/mol. The van der Waals surface area contributed by atoms with Gasteiger partial charge < -0.3 is 15.3 Å². The SMILES string of the molecule is CC12CCC(C(O)C1)C(C)(C)N2CCCCCCCCCCCC(C(=O)O)C(=O)O. The van der Waals surface area contributed by atoms with Crippen molar-refractivity contribution in [2.75, 3.05) is 6.54 Å². The van der Waals surface area contributed by atoms with Gasteiger partial charge in [0, 0.05) is 17.0 Å². The van der Waals surface area contributed by atoms with Crippen molar-refractivity contribution in [1.82, 2.24) is 4.90 Å². The topological polar surface area (TPSA) is 98.1 Å². The number of piperidine rings is 2. The highest BCUT2D eigenvalue weighted by Gasteiger charge is 2.56. The Morgan fingerprint density at radius 3 is 1.87 bits per heavy atom. The number of fused-ring (bicyclic) bond motifs is 3. The Morgan fingerprint density at radius 2 is 1.40 bits per heavy atom. The Kier molecular flexibility index (Phi) is 9.16. The van der Waals surface area contributed by atoms with Gasteiger partial charge in [-0.2, -0.15) is 0 Å². The lowest BCUT2D eigenvalue weighted by atomic mass is 9.61. The van der Waals surface area contributed by atoms with Gasteiger partial charge >= 0.3 is 11.9 Å². The Balaban J connectivity index is 1.52. The molecule has 6 nitrogen and oxygen atoms in total. The Bertz CT molecular complexity index is 559. The lowest BCUT2D eigenvalue weighted by Gasteiger charge is -2.64. The molecule has 3 atom stereocenters. The van der Waals surface area contributed by atoms with Gasteiger partial charge in [-0.05, 0) is 59.4 Å². The number of rotatable bonds is 14. The second-order valence-corrected chi connectivity index (χ2v) is 10.4. The van der Waals surface area contributed by atoms with Gasteiger partial charge in [0.05, 0.1) is 6.10 Å². The van der Waals surface area contributed by atoms with Gasteiger partial charge in [0.1, 0.15) is 0 Å². The molecule has 2 saturated heterocycles. The highest BCUT2D eigenvalue weighted by Crippen LogP contribution is 2.51. The van der Waals surface area contributed by atoms with Crippen molar-refractivity contribution in [2.24, 2.45) is 11.8 Å². The van der Waals surface area contributed by atoms with Crippen LogP contribution in [0.4, 0.5) is 0 Å². The minimum Gasteiger partial charge on any atom is -0.481 e. The van der Waals surface area contributed by atoms with Crippen LogP contribution < -0.4 is 0 Å². The maximum absolute atomic E-state index is 10.8. The number of unbranched alkanes of at least 4 members (excludes halogenated alkanes) is 8. The van der Waals surface area contributed by atoms with E-state index in [1.165, 1.54) is 38.5 Å². The van der Waals surface area contributed by atoms with Crippen molar-refractivity contribution in [3.05, 3.63) is 0 Å². The van der Waals surface area contributed by atoms with Crippen LogP contribution in [0.25, 0.3) is 0 Å². The van der Waals surface area contributed by atoms with Crippen molar-refractivity contribution in [3.8, 4) is 0 Å². The summed E-state index contributed by atoms with van der Waals surface area (Å²) < 4.78 is 0. The van der Waals surface area contributed by atoms with E-state index in [9.17, 15) is 14.7 Å². The number of aliphatic carboxylic acids is 2. The van der Waals surface area contributed by atoms with E-state index in [1.54, 1.807) is 0 Å². The molecule has 3 fully saturated rings. The summed E-state index contributed by atoms with van der Waals surface area (Å²) in [5, 5.41) is 28.2. The highest BCUT2D eigenvalue weighted by molar-refractivity contribution is 5.92. The van der Waals surface area contributed by atoms with Gasteiger partial charge in [0.2, 0.25) is 0 Å². The van der Waals surface area contributed by atoms with E-state index >= 15 is 0 Å². The molecule has 1 saturated carbocycles. The lowest BCUT2D eigenvalue weighted by Crippen LogP contribution is -2.71. The molecule has 30 heavy (non-hydrogen) atoms. The van der Waals surface area contributed by atoms with Crippen LogP contribution in [-0.4, -0.2) is 55.9 Å². The largest absolute Gasteiger partial charge is 0.481 e. The lowest BCUT2D eigenvalue weighted by molar-refractivity contribution is -0.172. The molecule has 3 unspecified atom stereocenters. The first kappa shape index (κ1) is 25.1. The number of carboxylic acid groups (broad SMARTS) is 2. The minimum atomic E-state index is -1.25. The predicted octanol–water partition coefficient (Wildman–Crippen LogP) is 4.69. The summed E-state index contributed by atoms with van der Waals surface area (Å²) >= 11 is 0. The summed E-state index contributed by atoms with van der Waals surface area (Å²) in [5.74, 6) is -3.31. The van der Waals surface area contributed by atoms with E-state index < -0.39 is 17.9 Å². The summed E-state index contributed by atoms with van der Waals surface area (Å²) in [6.07, 6.45) is 13.3. The van der Waals surface area contributed by atoms with E-state index in [0.29, 0.717) is 12.3 Å². The standard InChI is InChI=1S/C24H43NO5/c1-23(2)19-14-15-24(3,17-20(19)26)25(23)16-12-10-8-6-4-5-7-9-11-13-18(21(27)28)22(29)30/h18-20,26H,4-17H2,1-3H3,(H,27,28)(H,29,30). The fourth-order valence-electron chi connectivity index (χ4n) is 6.09. The first-order chi connectivity index (χ1) is 14.1. The van der Waals surface area contributed by atoms with E-state index in [2.05, 4.69) is 25.7 Å². The molecule has 0 aromatic carbocycles. The molecule has 1 aliphatic carbocycles. The summed E-state index contributed by atoms with van der Waals surface area (Å²) in [7, 11) is 0. The molecule has 2 bridgehead atoms. The molecule has 0 amide bonds. The third-order valence-corrected chi connectivity index (χ3v) is 7.83. The van der Waals surface area contributed by atoms with Crippen molar-refractivity contribution in [1.29, 1.82) is 0 Å². The van der Waals surface area contributed by atoms with Crippen molar-refractivity contribution in [3.63, 3.8) is 0 Å². The number of hydrogen-bond acceptors (Lipinski definition) is 4. The first-order valence-corrected chi connectivity index (χ1v) is 12.0. The molecule has 0 aromatic heterocycles. The fourth-order valence-corrected chi connectivity index (χ4v) is 6.09. The van der Waals surface area contributed by atoms with Crippen molar-refractivity contribution < 1.29 is 24.9 Å². The fraction of sp³-hybridized carbons (Fsp3) is 0.917. The third-order valence-electron chi connectivity index (χ3n) is 7.83. The minimum absolute atomic E-state index is 0.0882. The van der Waals surface area contributed by atoms with E-state index in [-0.39, 0.29) is 23.6 Å². The van der Waals surface area contributed by atoms with Crippen LogP contribution in [0.3, 0.4) is 0 Å². The van der Waals surface area contributed by atoms with Crippen LogP contribution in [0.15, 0.2) is 0 Å². The van der Waals surface area contributed by atoms with Gasteiger partial charge in [0.15, 0.2) is 5.92 Å². The van der Waals surface area contributed by atoms with Crippen molar-refractivity contribution >= 4 is 11.9 Å². The Hall–Kier alpha value is -1.14. The summed E-state index contributed by atoms with van der Waals surface area (Å²) in [6.45, 7) is 8.09. The zero-order valence-corrected chi connectivity index (χ0v) is 19.2. The first-order valence-electron chi connectivity index (χ1n) is 12.0. The number of aliphatic hydroxyl groups is 1. The number of carboxylic acids is 2. The van der Waals surface area contributed by atoms with Gasteiger partial charge in [0.25, 0.3) is 0 Å². The van der Waals surface area contributed by atoms with E-state index in [0.717, 1.165) is 38.6 Å². The number of hydrogen-bond donors (Lipinski definition) is 3. The molecule has 2 heterocycles. The monoisotopic (exact) mass is 425 g/mol. The second-order valence-electron chi connectivity index (χ2n) is 10.4. The molecule has 0 radical (unpaired) electrons. The molecule has 3 aliphatic rings. The molecule has 174 valence electrons. The van der Waals surface area contributed by atoms with Crippen LogP contribution in [0.1, 0.15) is 104 Å². The van der Waals surface area contributed by atoms with Gasteiger partial charge in [-0.3, -0.25) is 14.5 Å². The second kappa shape index (κ2) is 10.9. The molecule has 0 spiro atoms. The number of nitrogens with zero attached hydrogens (tertiary/aromatic N) is 1. The normalized spacial score (nSPS) is 28.2. The van der Waals surface area contributed by atoms with Crippen molar-refractivity contribution in [2.45, 2.75) is 121 Å². The maximum atomic E-state index is 10.8. The number of carbonyl (C=O) groups is 2. The quantitative estimate of drug-likeness (QED) is 0.276. The van der Waals surface area contributed by atoms with Gasteiger partial charge in [-0.15, -0.1) is 0 Å². The number of aliphatic hydroxyl groups excluding tert-OH is 1. The average molecular weight is 426 g/mol. The smallest absolute Gasteiger partial charge is 0.317 e. The van der Waals surface area contributed by atoms with Crippen LogP contribution in [0.5, 0.6) is 0 Å². The maximum Gasteiger partial charge on any atom is 0.317 e. The zero-order valence-electron chi connectivity index (χ0n) is 19.2. The Labute approximate surface area is 182 Å². The third kappa shape index (κ3) is 6.19.